The summed E-state index contributed by atoms with van der Waals surface area (Å²) < 4.78 is 5.03. The number of rotatable bonds is 6. The molecule has 0 unspecified atom stereocenters. The summed E-state index contributed by atoms with van der Waals surface area (Å²) in [5.41, 5.74) is 0. The molecule has 1 heterocycles. The molecule has 1 saturated heterocycles. The van der Waals surface area contributed by atoms with Gasteiger partial charge >= 0.3 is 5.97 Å². The third-order valence-electron chi connectivity index (χ3n) is 3.09. The van der Waals surface area contributed by atoms with Gasteiger partial charge in [0.15, 0.2) is 0 Å². The van der Waals surface area contributed by atoms with Gasteiger partial charge in [0.25, 0.3) is 0 Å². The van der Waals surface area contributed by atoms with Crippen molar-refractivity contribution in [2.45, 2.75) is 25.7 Å². The van der Waals surface area contributed by atoms with Gasteiger partial charge in [-0.2, -0.15) is 0 Å². The van der Waals surface area contributed by atoms with E-state index in [-0.39, 0.29) is 0 Å². The molecule has 0 aliphatic carbocycles. The van der Waals surface area contributed by atoms with Crippen molar-refractivity contribution in [3.8, 4) is 0 Å². The first-order valence-electron chi connectivity index (χ1n) is 5.65. The van der Waals surface area contributed by atoms with E-state index in [4.69, 9.17) is 9.84 Å². The van der Waals surface area contributed by atoms with Crippen LogP contribution in [0.5, 0.6) is 0 Å². The average molecular weight is 215 g/mol. The smallest absolute Gasteiger partial charge is 0.303 e. The Bertz CT molecular complexity index is 188. The molecule has 1 aliphatic rings. The summed E-state index contributed by atoms with van der Waals surface area (Å²) in [6.07, 6.45) is 3.43. The number of carboxylic acids is 1. The highest BCUT2D eigenvalue weighted by atomic mass is 16.5. The van der Waals surface area contributed by atoms with Gasteiger partial charge in [0, 0.05) is 20.1 Å². The topological polar surface area (TPSA) is 49.8 Å². The standard InChI is InChI=1S/C11H21NO3/c1-15-9-8-12-6-4-10(5-7-12)2-3-11(13)14/h10H,2-9H2,1H3,(H,13,14). The molecule has 1 rings (SSSR count). The fraction of sp³-hybridized carbons (Fsp3) is 0.909. The quantitative estimate of drug-likeness (QED) is 0.723. The minimum atomic E-state index is -0.670. The van der Waals surface area contributed by atoms with E-state index in [9.17, 15) is 4.79 Å². The lowest BCUT2D eigenvalue weighted by molar-refractivity contribution is -0.137. The second-order valence-corrected chi connectivity index (χ2v) is 4.21. The van der Waals surface area contributed by atoms with Crippen LogP contribution in [0.4, 0.5) is 0 Å². The van der Waals surface area contributed by atoms with E-state index in [0.717, 1.165) is 45.5 Å². The summed E-state index contributed by atoms with van der Waals surface area (Å²) in [4.78, 5) is 12.8. The Kier molecular flexibility index (Phi) is 5.65. The van der Waals surface area contributed by atoms with Gasteiger partial charge in [-0.05, 0) is 38.3 Å². The molecule has 0 bridgehead atoms. The van der Waals surface area contributed by atoms with Crippen molar-refractivity contribution in [3.63, 3.8) is 0 Å². The van der Waals surface area contributed by atoms with Gasteiger partial charge in [-0.15, -0.1) is 0 Å². The number of aliphatic carboxylic acids is 1. The molecule has 0 atom stereocenters. The number of likely N-dealkylation sites (tertiary alicyclic amines) is 1. The molecule has 0 spiro atoms. The zero-order chi connectivity index (χ0) is 11.1. The lowest BCUT2D eigenvalue weighted by Crippen LogP contribution is -2.36. The Hall–Kier alpha value is -0.610. The molecule has 88 valence electrons. The van der Waals surface area contributed by atoms with Crippen LogP contribution < -0.4 is 0 Å². The molecule has 0 aromatic carbocycles. The van der Waals surface area contributed by atoms with E-state index in [2.05, 4.69) is 4.90 Å². The van der Waals surface area contributed by atoms with E-state index in [1.54, 1.807) is 7.11 Å². The first kappa shape index (κ1) is 12.5. The largest absolute Gasteiger partial charge is 0.481 e. The number of carboxylic acid groups (broad SMARTS) is 1. The highest BCUT2D eigenvalue weighted by Gasteiger charge is 2.19. The van der Waals surface area contributed by atoms with Crippen LogP contribution in [0.25, 0.3) is 0 Å². The highest BCUT2D eigenvalue weighted by molar-refractivity contribution is 5.66. The number of ether oxygens (including phenoxy) is 1. The normalized spacial score (nSPS) is 19.3. The van der Waals surface area contributed by atoms with Crippen molar-refractivity contribution in [2.24, 2.45) is 5.92 Å². The monoisotopic (exact) mass is 215 g/mol. The molecule has 1 N–H and O–H groups in total. The summed E-state index contributed by atoms with van der Waals surface area (Å²) in [5.74, 6) is -0.0586. The molecule has 0 aromatic heterocycles. The third-order valence-corrected chi connectivity index (χ3v) is 3.09. The second-order valence-electron chi connectivity index (χ2n) is 4.21. The third kappa shape index (κ3) is 5.14. The molecule has 15 heavy (non-hydrogen) atoms. The van der Waals surface area contributed by atoms with Crippen molar-refractivity contribution in [1.29, 1.82) is 0 Å². The summed E-state index contributed by atoms with van der Waals surface area (Å²) in [5, 5.41) is 8.59. The van der Waals surface area contributed by atoms with Gasteiger partial charge in [0.05, 0.1) is 6.61 Å². The van der Waals surface area contributed by atoms with E-state index in [1.165, 1.54) is 0 Å². The molecule has 0 aromatic rings. The molecule has 4 nitrogen and oxygen atoms in total. The minimum absolute atomic E-state index is 0.322. The van der Waals surface area contributed by atoms with Gasteiger partial charge in [-0.3, -0.25) is 4.79 Å². The zero-order valence-corrected chi connectivity index (χ0v) is 9.45. The zero-order valence-electron chi connectivity index (χ0n) is 9.45. The molecule has 0 saturated carbocycles. The van der Waals surface area contributed by atoms with Crippen molar-refractivity contribution in [3.05, 3.63) is 0 Å². The Morgan fingerprint density at radius 2 is 2.13 bits per heavy atom. The lowest BCUT2D eigenvalue weighted by Gasteiger charge is -2.31. The first-order chi connectivity index (χ1) is 7.22. The maximum Gasteiger partial charge on any atom is 0.303 e. The van der Waals surface area contributed by atoms with Crippen LogP contribution in [0.1, 0.15) is 25.7 Å². The summed E-state index contributed by atoms with van der Waals surface area (Å²) in [7, 11) is 1.72. The number of carbonyl (C=O) groups is 1. The SMILES string of the molecule is COCCN1CCC(CCC(=O)O)CC1. The minimum Gasteiger partial charge on any atom is -0.481 e. The Morgan fingerprint density at radius 3 is 2.67 bits per heavy atom. The first-order valence-corrected chi connectivity index (χ1v) is 5.65. The van der Waals surface area contributed by atoms with E-state index in [1.807, 2.05) is 0 Å². The van der Waals surface area contributed by atoms with Crippen LogP contribution >= 0.6 is 0 Å². The Morgan fingerprint density at radius 1 is 1.47 bits per heavy atom. The van der Waals surface area contributed by atoms with Crippen LogP contribution in [-0.2, 0) is 9.53 Å². The van der Waals surface area contributed by atoms with Crippen LogP contribution in [0, 0.1) is 5.92 Å². The summed E-state index contributed by atoms with van der Waals surface area (Å²) in [6, 6.07) is 0. The Balaban J connectivity index is 2.09. The van der Waals surface area contributed by atoms with Crippen molar-refractivity contribution < 1.29 is 14.6 Å². The lowest BCUT2D eigenvalue weighted by atomic mass is 9.92. The van der Waals surface area contributed by atoms with E-state index < -0.39 is 5.97 Å². The van der Waals surface area contributed by atoms with E-state index in [0.29, 0.717) is 12.3 Å². The fourth-order valence-corrected chi connectivity index (χ4v) is 2.05. The van der Waals surface area contributed by atoms with Crippen molar-refractivity contribution in [2.75, 3.05) is 33.4 Å². The van der Waals surface area contributed by atoms with Crippen molar-refractivity contribution in [1.82, 2.24) is 4.90 Å². The molecule has 1 aliphatic heterocycles. The molecular weight excluding hydrogens is 194 g/mol. The number of hydrogen-bond acceptors (Lipinski definition) is 3. The van der Waals surface area contributed by atoms with E-state index >= 15 is 0 Å². The van der Waals surface area contributed by atoms with Crippen LogP contribution in [0.2, 0.25) is 0 Å². The predicted octanol–water partition coefficient (Wildman–Crippen LogP) is 1.21. The van der Waals surface area contributed by atoms with Gasteiger partial charge in [-0.25, -0.2) is 0 Å². The molecule has 4 heteroatoms. The van der Waals surface area contributed by atoms with Gasteiger partial charge in [0.1, 0.15) is 0 Å². The second kappa shape index (κ2) is 6.80. The van der Waals surface area contributed by atoms with Crippen LogP contribution in [0.3, 0.4) is 0 Å². The highest BCUT2D eigenvalue weighted by Crippen LogP contribution is 2.21. The van der Waals surface area contributed by atoms with Crippen LogP contribution in [0.15, 0.2) is 0 Å². The molecular formula is C11H21NO3. The molecule has 0 radical (unpaired) electrons. The predicted molar refractivity (Wildman–Crippen MR) is 57.9 cm³/mol. The maximum atomic E-state index is 10.4. The Labute approximate surface area is 91.2 Å². The number of piperidine rings is 1. The summed E-state index contributed by atoms with van der Waals surface area (Å²) >= 11 is 0. The van der Waals surface area contributed by atoms with Gasteiger partial charge in [-0.1, -0.05) is 0 Å². The summed E-state index contributed by atoms with van der Waals surface area (Å²) in [6.45, 7) is 3.98. The van der Waals surface area contributed by atoms with Crippen LogP contribution in [-0.4, -0.2) is 49.3 Å². The van der Waals surface area contributed by atoms with Gasteiger partial charge < -0.3 is 14.7 Å². The average Bonchev–Trinajstić information content (AvgIpc) is 2.25. The molecule has 0 amide bonds. The number of methoxy groups -OCH3 is 1. The number of nitrogens with zero attached hydrogens (tertiary/aromatic N) is 1. The fourth-order valence-electron chi connectivity index (χ4n) is 2.05. The maximum absolute atomic E-state index is 10.4. The van der Waals surface area contributed by atoms with Gasteiger partial charge in [0.2, 0.25) is 0 Å². The number of hydrogen-bond donors (Lipinski definition) is 1. The van der Waals surface area contributed by atoms with Crippen molar-refractivity contribution >= 4 is 5.97 Å². The molecule has 1 fully saturated rings.